The minimum atomic E-state index is -0.279. The number of methoxy groups -OCH3 is 1. The molecule has 1 aliphatic carbocycles. The van der Waals surface area contributed by atoms with Gasteiger partial charge < -0.3 is 9.47 Å². The van der Waals surface area contributed by atoms with E-state index in [9.17, 15) is 0 Å². The fourth-order valence-electron chi connectivity index (χ4n) is 3.64. The first-order valence-corrected chi connectivity index (χ1v) is 11.3. The summed E-state index contributed by atoms with van der Waals surface area (Å²) in [6.45, 7) is 5.11. The SMILES string of the molecule is COC(c1ncc(Cl)cn1)C(C)SNc1nnc([C@@H]2CCCCO2)n1C1(C)CC1. The summed E-state index contributed by atoms with van der Waals surface area (Å²) in [7, 11) is 1.66. The number of nitrogens with zero attached hydrogens (tertiary/aromatic N) is 5. The second kappa shape index (κ2) is 8.75. The predicted octanol–water partition coefficient (Wildman–Crippen LogP) is 4.31. The van der Waals surface area contributed by atoms with Crippen molar-refractivity contribution in [2.24, 2.45) is 0 Å². The quantitative estimate of drug-likeness (QED) is 0.610. The minimum Gasteiger partial charge on any atom is -0.372 e. The van der Waals surface area contributed by atoms with Crippen molar-refractivity contribution >= 4 is 29.5 Å². The van der Waals surface area contributed by atoms with Gasteiger partial charge in [0.05, 0.1) is 10.3 Å². The second-order valence-electron chi connectivity index (χ2n) is 7.91. The fraction of sp³-hybridized carbons (Fsp3) is 0.684. The zero-order valence-corrected chi connectivity index (χ0v) is 18.5. The van der Waals surface area contributed by atoms with E-state index in [1.165, 1.54) is 18.4 Å². The molecule has 4 rings (SSSR count). The Morgan fingerprint density at radius 3 is 2.69 bits per heavy atom. The Bertz CT molecular complexity index is 823. The number of nitrogens with one attached hydrogen (secondary N) is 1. The van der Waals surface area contributed by atoms with Crippen LogP contribution in [0.1, 0.15) is 69.8 Å². The third kappa shape index (κ3) is 4.52. The van der Waals surface area contributed by atoms with Gasteiger partial charge in [0.1, 0.15) is 12.2 Å². The molecular formula is C19H27ClN6O2S. The summed E-state index contributed by atoms with van der Waals surface area (Å²) in [5.74, 6) is 2.30. The van der Waals surface area contributed by atoms with Crippen LogP contribution < -0.4 is 4.72 Å². The van der Waals surface area contributed by atoms with Gasteiger partial charge in [0, 0.05) is 31.6 Å². The van der Waals surface area contributed by atoms with E-state index < -0.39 is 0 Å². The predicted molar refractivity (Wildman–Crippen MR) is 113 cm³/mol. The number of hydrogen-bond donors (Lipinski definition) is 1. The second-order valence-corrected chi connectivity index (χ2v) is 9.53. The molecule has 1 N–H and O–H groups in total. The van der Waals surface area contributed by atoms with E-state index >= 15 is 0 Å². The molecule has 2 aromatic rings. The molecule has 0 aromatic carbocycles. The van der Waals surface area contributed by atoms with E-state index in [0.29, 0.717) is 10.8 Å². The van der Waals surface area contributed by atoms with Crippen molar-refractivity contribution in [1.82, 2.24) is 24.7 Å². The average molecular weight is 439 g/mol. The van der Waals surface area contributed by atoms with Gasteiger partial charge in [-0.3, -0.25) is 9.29 Å². The number of aromatic nitrogens is 5. The molecule has 29 heavy (non-hydrogen) atoms. The lowest BCUT2D eigenvalue weighted by atomic mass is 10.1. The molecule has 10 heteroatoms. The summed E-state index contributed by atoms with van der Waals surface area (Å²) in [5, 5.41) is 9.49. The van der Waals surface area contributed by atoms with Gasteiger partial charge >= 0.3 is 0 Å². The first-order chi connectivity index (χ1) is 14.0. The van der Waals surface area contributed by atoms with E-state index in [1.54, 1.807) is 19.5 Å². The highest BCUT2D eigenvalue weighted by atomic mass is 35.5. The normalized spacial score (nSPS) is 22.8. The molecule has 0 bridgehead atoms. The summed E-state index contributed by atoms with van der Waals surface area (Å²) >= 11 is 7.43. The Morgan fingerprint density at radius 1 is 1.31 bits per heavy atom. The van der Waals surface area contributed by atoms with Crippen LogP contribution in [0.25, 0.3) is 0 Å². The van der Waals surface area contributed by atoms with E-state index in [0.717, 1.165) is 44.1 Å². The van der Waals surface area contributed by atoms with Gasteiger partial charge in [0.25, 0.3) is 0 Å². The molecule has 8 nitrogen and oxygen atoms in total. The molecular weight excluding hydrogens is 412 g/mol. The van der Waals surface area contributed by atoms with Crippen LogP contribution in [0.2, 0.25) is 5.02 Å². The van der Waals surface area contributed by atoms with Crippen LogP contribution in [-0.4, -0.2) is 43.7 Å². The van der Waals surface area contributed by atoms with E-state index in [-0.39, 0.29) is 23.0 Å². The largest absolute Gasteiger partial charge is 0.372 e. The summed E-state index contributed by atoms with van der Waals surface area (Å²) in [4.78, 5) is 8.60. The number of halogens is 1. The fourth-order valence-corrected chi connectivity index (χ4v) is 4.51. The van der Waals surface area contributed by atoms with Crippen LogP contribution in [0, 0.1) is 0 Å². The van der Waals surface area contributed by atoms with Crippen LogP contribution in [0.5, 0.6) is 0 Å². The van der Waals surface area contributed by atoms with Crippen LogP contribution in [0.3, 0.4) is 0 Å². The Labute approximate surface area is 180 Å². The van der Waals surface area contributed by atoms with Crippen molar-refractivity contribution in [3.8, 4) is 0 Å². The molecule has 0 radical (unpaired) electrons. The maximum Gasteiger partial charge on any atom is 0.235 e. The Morgan fingerprint density at radius 2 is 2.07 bits per heavy atom. The molecule has 2 aromatic heterocycles. The van der Waals surface area contributed by atoms with Crippen LogP contribution >= 0.6 is 23.5 Å². The first-order valence-electron chi connectivity index (χ1n) is 10.0. The summed E-state index contributed by atoms with van der Waals surface area (Å²) in [6.07, 6.45) is 8.45. The van der Waals surface area contributed by atoms with Gasteiger partial charge in [-0.1, -0.05) is 11.6 Å². The van der Waals surface area contributed by atoms with Crippen LogP contribution in [0.4, 0.5) is 5.95 Å². The molecule has 2 aliphatic rings. The summed E-state index contributed by atoms with van der Waals surface area (Å²) < 4.78 is 17.3. The maximum absolute atomic E-state index is 5.98. The third-order valence-corrected chi connectivity index (χ3v) is 6.69. The zero-order valence-electron chi connectivity index (χ0n) is 17.0. The molecule has 3 heterocycles. The molecule has 2 unspecified atom stereocenters. The van der Waals surface area contributed by atoms with Crippen molar-refractivity contribution in [3.05, 3.63) is 29.1 Å². The van der Waals surface area contributed by atoms with Crippen LogP contribution in [0.15, 0.2) is 12.4 Å². The van der Waals surface area contributed by atoms with Gasteiger partial charge in [-0.05, 0) is 57.9 Å². The van der Waals surface area contributed by atoms with Crippen molar-refractivity contribution in [2.45, 2.75) is 68.9 Å². The monoisotopic (exact) mass is 438 g/mol. The Balaban J connectivity index is 1.49. The van der Waals surface area contributed by atoms with Gasteiger partial charge in [-0.25, -0.2) is 9.97 Å². The molecule has 2 fully saturated rings. The Hall–Kier alpha value is -1.42. The third-order valence-electron chi connectivity index (χ3n) is 5.58. The van der Waals surface area contributed by atoms with Gasteiger partial charge in [-0.15, -0.1) is 10.2 Å². The lowest BCUT2D eigenvalue weighted by Gasteiger charge is -2.26. The Kier molecular flexibility index (Phi) is 6.29. The van der Waals surface area contributed by atoms with E-state index in [4.69, 9.17) is 21.1 Å². The average Bonchev–Trinajstić information content (AvgIpc) is 3.33. The topological polar surface area (TPSA) is 87.0 Å². The van der Waals surface area contributed by atoms with Gasteiger partial charge in [-0.2, -0.15) is 0 Å². The van der Waals surface area contributed by atoms with Crippen molar-refractivity contribution in [3.63, 3.8) is 0 Å². The number of ether oxygens (including phenoxy) is 2. The number of rotatable bonds is 8. The minimum absolute atomic E-state index is 0.0286. The lowest BCUT2D eigenvalue weighted by Crippen LogP contribution is -2.24. The highest BCUT2D eigenvalue weighted by molar-refractivity contribution is 8.01. The molecule has 158 valence electrons. The van der Waals surface area contributed by atoms with Crippen molar-refractivity contribution in [2.75, 3.05) is 18.4 Å². The zero-order chi connectivity index (χ0) is 20.4. The van der Waals surface area contributed by atoms with Crippen molar-refractivity contribution in [1.29, 1.82) is 0 Å². The molecule has 1 saturated carbocycles. The number of hydrogen-bond acceptors (Lipinski definition) is 8. The first kappa shape index (κ1) is 20.8. The van der Waals surface area contributed by atoms with Crippen LogP contribution in [-0.2, 0) is 15.0 Å². The molecule has 3 atom stereocenters. The maximum atomic E-state index is 5.98. The molecule has 0 spiro atoms. The summed E-state index contributed by atoms with van der Waals surface area (Å²) in [6, 6.07) is 0. The highest BCUT2D eigenvalue weighted by Crippen LogP contribution is 2.47. The van der Waals surface area contributed by atoms with Gasteiger partial charge in [0.2, 0.25) is 5.95 Å². The molecule has 0 amide bonds. The van der Waals surface area contributed by atoms with E-state index in [2.05, 4.69) is 43.3 Å². The molecule has 1 saturated heterocycles. The van der Waals surface area contributed by atoms with Crippen molar-refractivity contribution < 1.29 is 9.47 Å². The molecule has 1 aliphatic heterocycles. The lowest BCUT2D eigenvalue weighted by molar-refractivity contribution is 0.00618. The van der Waals surface area contributed by atoms with E-state index in [1.807, 2.05) is 0 Å². The highest BCUT2D eigenvalue weighted by Gasteiger charge is 2.44. The summed E-state index contributed by atoms with van der Waals surface area (Å²) in [5.41, 5.74) is 0.0612. The van der Waals surface area contributed by atoms with Gasteiger partial charge in [0.15, 0.2) is 11.6 Å². The standard InChI is InChI=1S/C19H27ClN6O2S/c1-12(15(27-3)16-21-10-13(20)11-22-16)29-25-18-24-23-17(14-6-4-5-9-28-14)26(18)19(2)7-8-19/h10-12,14-15H,4-9H2,1-3H3,(H,24,25)/t12?,14-,15?/m0/s1. The number of anilines is 1. The smallest absolute Gasteiger partial charge is 0.235 e.